The van der Waals surface area contributed by atoms with E-state index in [1.807, 2.05) is 4.90 Å². The van der Waals surface area contributed by atoms with Crippen LogP contribution in [0.5, 0.6) is 5.75 Å². The van der Waals surface area contributed by atoms with Crippen molar-refractivity contribution in [3.05, 3.63) is 29.3 Å². The summed E-state index contributed by atoms with van der Waals surface area (Å²) in [5, 5.41) is 9.54. The molecule has 1 saturated heterocycles. The van der Waals surface area contributed by atoms with E-state index in [0.717, 1.165) is 18.7 Å². The predicted molar refractivity (Wildman–Crippen MR) is 83.5 cm³/mol. The number of nitrogens with two attached hydrogens (primary N) is 1. The highest BCUT2D eigenvalue weighted by Crippen LogP contribution is 2.20. The van der Waals surface area contributed by atoms with Crippen LogP contribution in [0.4, 0.5) is 0 Å². The second-order valence-electron chi connectivity index (χ2n) is 6.30. The fraction of sp³-hybridized carbons (Fsp3) is 0.562. The lowest BCUT2D eigenvalue weighted by atomic mass is 10.0. The van der Waals surface area contributed by atoms with Crippen LogP contribution in [0.2, 0.25) is 0 Å². The first kappa shape index (κ1) is 15.8. The molecule has 1 heterocycles. The van der Waals surface area contributed by atoms with Crippen LogP contribution >= 0.6 is 0 Å². The summed E-state index contributed by atoms with van der Waals surface area (Å²) in [4.78, 5) is 16.7. The van der Waals surface area contributed by atoms with Gasteiger partial charge >= 0.3 is 0 Å². The molecule has 3 N–H and O–H groups in total. The van der Waals surface area contributed by atoms with Crippen molar-refractivity contribution < 1.29 is 9.90 Å². The molecule has 116 valence electrons. The predicted octanol–water partition coefficient (Wildman–Crippen LogP) is 1.20. The summed E-state index contributed by atoms with van der Waals surface area (Å²) < 4.78 is 0. The van der Waals surface area contributed by atoms with Crippen LogP contribution in [-0.2, 0) is 0 Å². The average molecular weight is 291 g/mol. The van der Waals surface area contributed by atoms with E-state index < -0.39 is 0 Å². The van der Waals surface area contributed by atoms with Crippen LogP contribution in [0.3, 0.4) is 0 Å². The molecule has 1 fully saturated rings. The minimum atomic E-state index is -0.0235. The molecule has 21 heavy (non-hydrogen) atoms. The van der Waals surface area contributed by atoms with Gasteiger partial charge in [0.25, 0.3) is 5.91 Å². The van der Waals surface area contributed by atoms with Crippen molar-refractivity contribution in [3.63, 3.8) is 0 Å². The normalized spacial score (nSPS) is 17.0. The fourth-order valence-corrected chi connectivity index (χ4v) is 2.62. The highest BCUT2D eigenvalue weighted by molar-refractivity contribution is 5.94. The van der Waals surface area contributed by atoms with E-state index in [0.29, 0.717) is 25.2 Å². The van der Waals surface area contributed by atoms with E-state index >= 15 is 0 Å². The molecule has 1 aromatic carbocycles. The number of carbonyl (C=O) groups excluding carboxylic acids is 1. The summed E-state index contributed by atoms with van der Waals surface area (Å²) in [5.74, 6) is 0.254. The molecule has 5 nitrogen and oxygen atoms in total. The Morgan fingerprint density at radius 1 is 1.29 bits per heavy atom. The molecule has 0 aliphatic carbocycles. The second kappa shape index (κ2) is 6.03. The Labute approximate surface area is 126 Å². The smallest absolute Gasteiger partial charge is 0.253 e. The van der Waals surface area contributed by atoms with Crippen LogP contribution in [0, 0.1) is 6.92 Å². The van der Waals surface area contributed by atoms with Crippen LogP contribution in [-0.4, -0.2) is 59.1 Å². The molecule has 0 radical (unpaired) electrons. The minimum absolute atomic E-state index is 0.0235. The van der Waals surface area contributed by atoms with Crippen molar-refractivity contribution in [2.75, 3.05) is 32.7 Å². The second-order valence-corrected chi connectivity index (χ2v) is 6.30. The third-order valence-corrected chi connectivity index (χ3v) is 4.37. The number of phenols is 1. The lowest BCUT2D eigenvalue weighted by molar-refractivity contribution is 0.0426. The molecule has 0 spiro atoms. The first-order valence-corrected chi connectivity index (χ1v) is 7.39. The first-order chi connectivity index (χ1) is 9.85. The van der Waals surface area contributed by atoms with Crippen LogP contribution in [0.25, 0.3) is 0 Å². The number of benzene rings is 1. The highest BCUT2D eigenvalue weighted by atomic mass is 16.3. The molecular weight excluding hydrogens is 266 g/mol. The zero-order valence-corrected chi connectivity index (χ0v) is 13.1. The third kappa shape index (κ3) is 3.36. The number of aryl methyl sites for hydroxylation is 1. The van der Waals surface area contributed by atoms with Gasteiger partial charge in [0.15, 0.2) is 0 Å². The molecule has 1 amide bonds. The number of aromatic hydroxyl groups is 1. The van der Waals surface area contributed by atoms with E-state index in [4.69, 9.17) is 5.73 Å². The molecule has 0 atom stereocenters. The van der Waals surface area contributed by atoms with Crippen molar-refractivity contribution in [3.8, 4) is 5.75 Å². The molecule has 0 aromatic heterocycles. The van der Waals surface area contributed by atoms with Gasteiger partial charge in [-0.25, -0.2) is 0 Å². The third-order valence-electron chi connectivity index (χ3n) is 4.37. The Bertz CT molecular complexity index is 520. The van der Waals surface area contributed by atoms with Crippen LogP contribution in [0.15, 0.2) is 18.2 Å². The van der Waals surface area contributed by atoms with Crippen LogP contribution < -0.4 is 5.73 Å². The van der Waals surface area contributed by atoms with Gasteiger partial charge in [-0.2, -0.15) is 0 Å². The lowest BCUT2D eigenvalue weighted by Crippen LogP contribution is -2.58. The number of piperazine rings is 1. The van der Waals surface area contributed by atoms with Gasteiger partial charge in [0.2, 0.25) is 0 Å². The lowest BCUT2D eigenvalue weighted by Gasteiger charge is -2.43. The Balaban J connectivity index is 2.02. The maximum Gasteiger partial charge on any atom is 0.253 e. The molecule has 0 bridgehead atoms. The summed E-state index contributed by atoms with van der Waals surface area (Å²) >= 11 is 0. The zero-order chi connectivity index (χ0) is 15.6. The highest BCUT2D eigenvalue weighted by Gasteiger charge is 2.30. The fourth-order valence-electron chi connectivity index (χ4n) is 2.62. The number of carbonyl (C=O) groups is 1. The average Bonchev–Trinajstić information content (AvgIpc) is 2.49. The van der Waals surface area contributed by atoms with E-state index in [2.05, 4.69) is 18.7 Å². The molecule has 1 aliphatic heterocycles. The van der Waals surface area contributed by atoms with Crippen molar-refractivity contribution >= 4 is 5.91 Å². The Kier molecular flexibility index (Phi) is 4.54. The van der Waals surface area contributed by atoms with Gasteiger partial charge in [0, 0.05) is 43.8 Å². The van der Waals surface area contributed by atoms with E-state index in [-0.39, 0.29) is 17.2 Å². The standard InChI is InChI=1S/C16H25N3O2/c1-12-10-13(4-5-14(12)20)15(21)18-6-8-19(9-7-18)16(2,3)11-17/h4-5,10,20H,6-9,11,17H2,1-3H3. The van der Waals surface area contributed by atoms with Gasteiger partial charge in [-0.1, -0.05) is 0 Å². The summed E-state index contributed by atoms with van der Waals surface area (Å²) in [7, 11) is 0. The molecule has 5 heteroatoms. The molecule has 0 unspecified atom stereocenters. The number of phenolic OH excluding ortho intramolecular Hbond substituents is 1. The van der Waals surface area contributed by atoms with Gasteiger partial charge in [0.1, 0.15) is 5.75 Å². The van der Waals surface area contributed by atoms with Gasteiger partial charge in [-0.3, -0.25) is 9.69 Å². The van der Waals surface area contributed by atoms with Crippen LogP contribution in [0.1, 0.15) is 29.8 Å². The summed E-state index contributed by atoms with van der Waals surface area (Å²) in [6.07, 6.45) is 0. The van der Waals surface area contributed by atoms with Gasteiger partial charge < -0.3 is 15.7 Å². The molecule has 1 aliphatic rings. The molecule has 0 saturated carbocycles. The van der Waals surface area contributed by atoms with Crippen molar-refractivity contribution in [2.45, 2.75) is 26.3 Å². The number of amides is 1. The largest absolute Gasteiger partial charge is 0.508 e. The number of hydrogen-bond acceptors (Lipinski definition) is 4. The Morgan fingerprint density at radius 3 is 2.43 bits per heavy atom. The monoisotopic (exact) mass is 291 g/mol. The number of nitrogens with zero attached hydrogens (tertiary/aromatic N) is 2. The molecule has 2 rings (SSSR count). The summed E-state index contributed by atoms with van der Waals surface area (Å²) in [5.41, 5.74) is 7.15. The van der Waals surface area contributed by atoms with Gasteiger partial charge in [0.05, 0.1) is 0 Å². The summed E-state index contributed by atoms with van der Waals surface area (Å²) in [6.45, 7) is 9.78. The van der Waals surface area contributed by atoms with Gasteiger partial charge in [-0.15, -0.1) is 0 Å². The van der Waals surface area contributed by atoms with Crippen molar-refractivity contribution in [1.29, 1.82) is 0 Å². The molecular formula is C16H25N3O2. The van der Waals surface area contributed by atoms with E-state index in [9.17, 15) is 9.90 Å². The maximum atomic E-state index is 12.5. The summed E-state index contributed by atoms with van der Waals surface area (Å²) in [6, 6.07) is 5.01. The van der Waals surface area contributed by atoms with Crippen molar-refractivity contribution in [2.24, 2.45) is 5.73 Å². The first-order valence-electron chi connectivity index (χ1n) is 7.39. The Morgan fingerprint density at radius 2 is 1.90 bits per heavy atom. The number of rotatable bonds is 3. The van der Waals surface area contributed by atoms with Gasteiger partial charge in [-0.05, 0) is 44.5 Å². The van der Waals surface area contributed by atoms with E-state index in [1.165, 1.54) is 0 Å². The van der Waals surface area contributed by atoms with Crippen molar-refractivity contribution in [1.82, 2.24) is 9.80 Å². The minimum Gasteiger partial charge on any atom is -0.508 e. The number of hydrogen-bond donors (Lipinski definition) is 2. The molecule has 1 aromatic rings. The SMILES string of the molecule is Cc1cc(C(=O)N2CCN(C(C)(C)CN)CC2)ccc1O. The van der Waals surface area contributed by atoms with E-state index in [1.54, 1.807) is 25.1 Å². The quantitative estimate of drug-likeness (QED) is 0.878. The topological polar surface area (TPSA) is 69.8 Å². The Hall–Kier alpha value is -1.59. The zero-order valence-electron chi connectivity index (χ0n) is 13.1. The maximum absolute atomic E-state index is 12.5.